The number of ether oxygens (including phenoxy) is 1. The lowest BCUT2D eigenvalue weighted by Gasteiger charge is -2.32. The molecule has 0 bridgehead atoms. The summed E-state index contributed by atoms with van der Waals surface area (Å²) in [7, 11) is 3.59. The van der Waals surface area contributed by atoms with Crippen LogP contribution in [0.1, 0.15) is 22.5 Å². The highest BCUT2D eigenvalue weighted by atomic mass is 19.1. The first-order chi connectivity index (χ1) is 19.4. The van der Waals surface area contributed by atoms with Crippen LogP contribution in [-0.2, 0) is 0 Å². The maximum atomic E-state index is 13.8. The first kappa shape index (κ1) is 25.8. The molecule has 0 saturated carbocycles. The smallest absolute Gasteiger partial charge is 0.272 e. The van der Waals surface area contributed by atoms with Crippen molar-refractivity contribution in [2.45, 2.75) is 12.6 Å². The molecule has 0 spiro atoms. The van der Waals surface area contributed by atoms with Crippen LogP contribution in [-0.4, -0.2) is 85.3 Å². The average Bonchev–Trinajstić information content (AvgIpc) is 3.62. The molecule has 40 heavy (non-hydrogen) atoms. The summed E-state index contributed by atoms with van der Waals surface area (Å²) in [5, 5.41) is 9.84. The highest BCUT2D eigenvalue weighted by Crippen LogP contribution is 2.38. The second-order valence-corrected chi connectivity index (χ2v) is 10.2. The van der Waals surface area contributed by atoms with Gasteiger partial charge in [-0.15, -0.1) is 0 Å². The zero-order chi connectivity index (χ0) is 27.8. The summed E-state index contributed by atoms with van der Waals surface area (Å²) < 4.78 is 25.7. The van der Waals surface area contributed by atoms with Crippen molar-refractivity contribution in [3.63, 3.8) is 0 Å². The number of carbonyl (C=O) groups is 1. The Bertz CT molecular complexity index is 1620. The molecule has 10 heteroatoms. The number of rotatable bonds is 5. The van der Waals surface area contributed by atoms with E-state index >= 15 is 0 Å². The van der Waals surface area contributed by atoms with Gasteiger partial charge in [0.05, 0.1) is 23.9 Å². The molecule has 204 valence electrons. The maximum absolute atomic E-state index is 13.8. The normalized spacial score (nSPS) is 17.8. The standard InChI is InChI=1S/C30H29FN6O3/c1-35-9-11-36(12-10-35)30(38)25-15-27(39-2)23(17-34-25)28-14-24-29(40-28)22(5-7-33-24)19-3-4-26(20(13-19)16-32)37-8-6-21(31)18-37/h3-5,7,13-15,17,21H,6,8-12,18H2,1-2H3. The number of likely N-dealkylation sites (N-methyl/N-ethyl adjacent to an activating group) is 1. The number of furan rings is 1. The number of pyridine rings is 2. The highest BCUT2D eigenvalue weighted by molar-refractivity contribution is 5.95. The Morgan fingerprint density at radius 1 is 1.10 bits per heavy atom. The third kappa shape index (κ3) is 4.73. The minimum absolute atomic E-state index is 0.126. The number of alkyl halides is 1. The number of halogens is 1. The number of benzene rings is 1. The second-order valence-electron chi connectivity index (χ2n) is 10.2. The van der Waals surface area contributed by atoms with E-state index in [2.05, 4.69) is 20.9 Å². The number of hydrogen-bond acceptors (Lipinski definition) is 8. The summed E-state index contributed by atoms with van der Waals surface area (Å²) in [6, 6.07) is 13.1. The van der Waals surface area contributed by atoms with Gasteiger partial charge in [0.15, 0.2) is 5.58 Å². The van der Waals surface area contributed by atoms with Crippen molar-refractivity contribution in [2.24, 2.45) is 0 Å². The van der Waals surface area contributed by atoms with E-state index in [0.717, 1.165) is 29.9 Å². The van der Waals surface area contributed by atoms with Crippen LogP contribution in [0.2, 0.25) is 0 Å². The molecule has 0 radical (unpaired) electrons. The number of anilines is 1. The van der Waals surface area contributed by atoms with Crippen LogP contribution in [0.15, 0.2) is 53.2 Å². The predicted octanol–water partition coefficient (Wildman–Crippen LogP) is 4.37. The fourth-order valence-corrected chi connectivity index (χ4v) is 5.38. The van der Waals surface area contributed by atoms with Gasteiger partial charge in [0.1, 0.15) is 35.0 Å². The number of nitrogens with zero attached hydrogens (tertiary/aromatic N) is 6. The molecule has 2 aliphatic heterocycles. The highest BCUT2D eigenvalue weighted by Gasteiger charge is 2.25. The molecule has 1 aromatic carbocycles. The molecule has 6 rings (SSSR count). The molecule has 1 atom stereocenters. The molecule has 2 aliphatic rings. The SMILES string of the molecule is COc1cc(C(=O)N2CCN(C)CC2)ncc1-c1cc2nccc(-c3ccc(N4CCC(F)C4)c(C#N)c3)c2o1. The van der Waals surface area contributed by atoms with Gasteiger partial charge in [0.25, 0.3) is 5.91 Å². The molecule has 0 N–H and O–H groups in total. The topological polar surface area (TPSA) is 98.7 Å². The summed E-state index contributed by atoms with van der Waals surface area (Å²) in [6.45, 7) is 3.84. The van der Waals surface area contributed by atoms with E-state index in [1.54, 1.807) is 36.5 Å². The predicted molar refractivity (Wildman–Crippen MR) is 149 cm³/mol. The lowest BCUT2D eigenvalue weighted by atomic mass is 10.0. The molecular formula is C30H29FN6O3. The minimum atomic E-state index is -0.877. The number of carbonyl (C=O) groups excluding carboxylic acids is 1. The molecule has 0 aliphatic carbocycles. The van der Waals surface area contributed by atoms with Crippen LogP contribution < -0.4 is 9.64 Å². The minimum Gasteiger partial charge on any atom is -0.496 e. The van der Waals surface area contributed by atoms with Crippen molar-refractivity contribution < 1.29 is 18.3 Å². The van der Waals surface area contributed by atoms with E-state index in [9.17, 15) is 14.4 Å². The zero-order valence-corrected chi connectivity index (χ0v) is 22.4. The van der Waals surface area contributed by atoms with Crippen molar-refractivity contribution in [2.75, 3.05) is 58.3 Å². The van der Waals surface area contributed by atoms with E-state index in [0.29, 0.717) is 72.0 Å². The average molecular weight is 541 g/mol. The van der Waals surface area contributed by atoms with Crippen LogP contribution in [0.25, 0.3) is 33.6 Å². The molecule has 2 saturated heterocycles. The molecule has 5 heterocycles. The van der Waals surface area contributed by atoms with E-state index in [1.165, 1.54) is 0 Å². The number of nitriles is 1. The number of methoxy groups -OCH3 is 1. The van der Waals surface area contributed by atoms with Crippen molar-refractivity contribution in [1.29, 1.82) is 5.26 Å². The van der Waals surface area contributed by atoms with E-state index in [-0.39, 0.29) is 5.91 Å². The summed E-state index contributed by atoms with van der Waals surface area (Å²) in [5.74, 6) is 0.848. The third-order valence-corrected chi connectivity index (χ3v) is 7.67. The van der Waals surface area contributed by atoms with Crippen molar-refractivity contribution in [3.8, 4) is 34.3 Å². The van der Waals surface area contributed by atoms with Crippen molar-refractivity contribution in [1.82, 2.24) is 19.8 Å². The molecular weight excluding hydrogens is 511 g/mol. The molecule has 3 aromatic heterocycles. The van der Waals surface area contributed by atoms with Gasteiger partial charge in [-0.3, -0.25) is 14.8 Å². The first-order valence-corrected chi connectivity index (χ1v) is 13.3. The molecule has 9 nitrogen and oxygen atoms in total. The van der Waals surface area contributed by atoms with Crippen LogP contribution in [0, 0.1) is 11.3 Å². The van der Waals surface area contributed by atoms with Crippen LogP contribution in [0.3, 0.4) is 0 Å². The number of hydrogen-bond donors (Lipinski definition) is 0. The Morgan fingerprint density at radius 3 is 2.65 bits per heavy atom. The van der Waals surface area contributed by atoms with Gasteiger partial charge >= 0.3 is 0 Å². The Morgan fingerprint density at radius 2 is 1.93 bits per heavy atom. The first-order valence-electron chi connectivity index (χ1n) is 13.3. The molecule has 1 unspecified atom stereocenters. The number of aromatic nitrogens is 2. The summed E-state index contributed by atoms with van der Waals surface area (Å²) in [4.78, 5) is 27.9. The summed E-state index contributed by atoms with van der Waals surface area (Å²) >= 11 is 0. The van der Waals surface area contributed by atoms with Gasteiger partial charge in [-0.1, -0.05) is 6.07 Å². The largest absolute Gasteiger partial charge is 0.496 e. The van der Waals surface area contributed by atoms with Gasteiger partial charge < -0.3 is 23.9 Å². The van der Waals surface area contributed by atoms with Crippen LogP contribution >= 0.6 is 0 Å². The number of amides is 1. The Kier molecular flexibility index (Phi) is 6.82. The lowest BCUT2D eigenvalue weighted by molar-refractivity contribution is 0.0658. The van der Waals surface area contributed by atoms with Gasteiger partial charge in [-0.2, -0.15) is 5.26 Å². The van der Waals surface area contributed by atoms with E-state index < -0.39 is 6.17 Å². The van der Waals surface area contributed by atoms with Gasteiger partial charge in [-0.05, 0) is 37.2 Å². The fourth-order valence-electron chi connectivity index (χ4n) is 5.38. The van der Waals surface area contributed by atoms with Gasteiger partial charge in [-0.25, -0.2) is 4.39 Å². The molecule has 4 aromatic rings. The molecule has 2 fully saturated rings. The maximum Gasteiger partial charge on any atom is 0.272 e. The van der Waals surface area contributed by atoms with Gasteiger partial charge in [0, 0.05) is 69.4 Å². The second kappa shape index (κ2) is 10.6. The van der Waals surface area contributed by atoms with Crippen LogP contribution in [0.4, 0.5) is 10.1 Å². The van der Waals surface area contributed by atoms with E-state index in [1.807, 2.05) is 36.2 Å². The van der Waals surface area contributed by atoms with Crippen LogP contribution in [0.5, 0.6) is 5.75 Å². The zero-order valence-electron chi connectivity index (χ0n) is 22.4. The Labute approximate surface area is 231 Å². The number of piperazine rings is 1. The van der Waals surface area contributed by atoms with Gasteiger partial charge in [0.2, 0.25) is 0 Å². The quantitative estimate of drug-likeness (QED) is 0.368. The monoisotopic (exact) mass is 540 g/mol. The Balaban J connectivity index is 1.33. The van der Waals surface area contributed by atoms with Crippen molar-refractivity contribution in [3.05, 3.63) is 60.0 Å². The number of fused-ring (bicyclic) bond motifs is 1. The van der Waals surface area contributed by atoms with Crippen molar-refractivity contribution >= 4 is 22.7 Å². The summed E-state index contributed by atoms with van der Waals surface area (Å²) in [5.41, 5.74) is 4.90. The molecule has 1 amide bonds. The Hall–Kier alpha value is -4.49. The third-order valence-electron chi connectivity index (χ3n) is 7.67. The fraction of sp³-hybridized carbons (Fsp3) is 0.333. The summed E-state index contributed by atoms with van der Waals surface area (Å²) in [6.07, 6.45) is 2.88. The lowest BCUT2D eigenvalue weighted by Crippen LogP contribution is -2.47. The van der Waals surface area contributed by atoms with E-state index in [4.69, 9.17) is 9.15 Å².